The van der Waals surface area contributed by atoms with Gasteiger partial charge in [-0.1, -0.05) is 13.8 Å². The van der Waals surface area contributed by atoms with Crippen LogP contribution in [0.1, 0.15) is 46.0 Å². The molecule has 5 heteroatoms. The molecule has 1 heterocycles. The molecule has 2 unspecified atom stereocenters. The summed E-state index contributed by atoms with van der Waals surface area (Å²) in [5.41, 5.74) is 0. The molecule has 1 fully saturated rings. The normalized spacial score (nSPS) is 23.7. The standard InChI is InChI=1S/C14H30N2O2S/c1-12(2)7-8-14(15-3)10-13-6-5-9-16(11-13)19(4,17)18/h12-15H,5-11H2,1-4H3. The third kappa shape index (κ3) is 6.23. The van der Waals surface area contributed by atoms with Crippen LogP contribution in [0.5, 0.6) is 0 Å². The van der Waals surface area contributed by atoms with Crippen LogP contribution in [-0.4, -0.2) is 45.2 Å². The molecule has 114 valence electrons. The zero-order chi connectivity index (χ0) is 14.5. The molecule has 0 aromatic carbocycles. The highest BCUT2D eigenvalue weighted by Gasteiger charge is 2.27. The van der Waals surface area contributed by atoms with Crippen molar-refractivity contribution in [2.24, 2.45) is 11.8 Å². The minimum absolute atomic E-state index is 0.507. The van der Waals surface area contributed by atoms with E-state index in [9.17, 15) is 8.42 Å². The largest absolute Gasteiger partial charge is 0.317 e. The lowest BCUT2D eigenvalue weighted by Gasteiger charge is -2.33. The van der Waals surface area contributed by atoms with Crippen molar-refractivity contribution >= 4 is 10.0 Å². The molecular weight excluding hydrogens is 260 g/mol. The van der Waals surface area contributed by atoms with Crippen LogP contribution < -0.4 is 5.32 Å². The molecule has 0 aromatic heterocycles. The Balaban J connectivity index is 2.46. The lowest BCUT2D eigenvalue weighted by molar-refractivity contribution is 0.234. The van der Waals surface area contributed by atoms with Crippen LogP contribution in [0.15, 0.2) is 0 Å². The molecule has 0 radical (unpaired) electrons. The average Bonchev–Trinajstić information content (AvgIpc) is 2.33. The van der Waals surface area contributed by atoms with Crippen LogP contribution in [-0.2, 0) is 10.0 Å². The van der Waals surface area contributed by atoms with Gasteiger partial charge in [-0.25, -0.2) is 12.7 Å². The van der Waals surface area contributed by atoms with Crippen molar-refractivity contribution in [3.8, 4) is 0 Å². The molecule has 0 spiro atoms. The maximum atomic E-state index is 11.6. The summed E-state index contributed by atoms with van der Waals surface area (Å²) in [6, 6.07) is 0.520. The van der Waals surface area contributed by atoms with E-state index < -0.39 is 10.0 Å². The van der Waals surface area contributed by atoms with Crippen molar-refractivity contribution in [1.29, 1.82) is 0 Å². The maximum absolute atomic E-state index is 11.6. The smallest absolute Gasteiger partial charge is 0.211 e. The van der Waals surface area contributed by atoms with Gasteiger partial charge < -0.3 is 5.32 Å². The van der Waals surface area contributed by atoms with Gasteiger partial charge >= 0.3 is 0 Å². The van der Waals surface area contributed by atoms with Gasteiger partial charge in [-0.2, -0.15) is 0 Å². The van der Waals surface area contributed by atoms with E-state index in [4.69, 9.17) is 0 Å². The molecule has 19 heavy (non-hydrogen) atoms. The van der Waals surface area contributed by atoms with Crippen molar-refractivity contribution in [3.05, 3.63) is 0 Å². The average molecular weight is 290 g/mol. The molecule has 2 atom stereocenters. The van der Waals surface area contributed by atoms with Crippen molar-refractivity contribution < 1.29 is 8.42 Å². The van der Waals surface area contributed by atoms with Gasteiger partial charge in [-0.05, 0) is 51.0 Å². The van der Waals surface area contributed by atoms with E-state index >= 15 is 0 Å². The van der Waals surface area contributed by atoms with Crippen LogP contribution in [0.3, 0.4) is 0 Å². The third-order valence-electron chi connectivity index (χ3n) is 4.07. The highest BCUT2D eigenvalue weighted by Crippen LogP contribution is 2.24. The maximum Gasteiger partial charge on any atom is 0.211 e. The van der Waals surface area contributed by atoms with Gasteiger partial charge in [-0.15, -0.1) is 0 Å². The van der Waals surface area contributed by atoms with Gasteiger partial charge in [0.2, 0.25) is 10.0 Å². The van der Waals surface area contributed by atoms with Crippen molar-refractivity contribution in [2.75, 3.05) is 26.4 Å². The Morgan fingerprint density at radius 2 is 2.00 bits per heavy atom. The summed E-state index contributed by atoms with van der Waals surface area (Å²) < 4.78 is 24.9. The van der Waals surface area contributed by atoms with Crippen LogP contribution in [0.4, 0.5) is 0 Å². The Kier molecular flexibility index (Phi) is 6.77. The van der Waals surface area contributed by atoms with Gasteiger partial charge in [0, 0.05) is 19.1 Å². The van der Waals surface area contributed by atoms with E-state index in [-0.39, 0.29) is 0 Å². The fraction of sp³-hybridized carbons (Fsp3) is 1.00. The Morgan fingerprint density at radius 3 is 2.53 bits per heavy atom. The number of hydrogen-bond acceptors (Lipinski definition) is 3. The summed E-state index contributed by atoms with van der Waals surface area (Å²) in [5, 5.41) is 3.39. The summed E-state index contributed by atoms with van der Waals surface area (Å²) in [7, 11) is -0.998. The summed E-state index contributed by atoms with van der Waals surface area (Å²) in [6.45, 7) is 5.90. The zero-order valence-electron chi connectivity index (χ0n) is 12.9. The number of nitrogens with zero attached hydrogens (tertiary/aromatic N) is 1. The molecule has 0 bridgehead atoms. The van der Waals surface area contributed by atoms with E-state index in [1.54, 1.807) is 4.31 Å². The lowest BCUT2D eigenvalue weighted by atomic mass is 9.89. The summed E-state index contributed by atoms with van der Waals surface area (Å²) >= 11 is 0. The molecule has 1 aliphatic rings. The monoisotopic (exact) mass is 290 g/mol. The predicted molar refractivity (Wildman–Crippen MR) is 80.7 cm³/mol. The van der Waals surface area contributed by atoms with Crippen molar-refractivity contribution in [3.63, 3.8) is 0 Å². The molecule has 1 saturated heterocycles. The first-order valence-corrected chi connectivity index (χ1v) is 9.30. The predicted octanol–water partition coefficient (Wildman–Crippen LogP) is 2.07. The van der Waals surface area contributed by atoms with Crippen LogP contribution >= 0.6 is 0 Å². The fourth-order valence-electron chi connectivity index (χ4n) is 2.84. The molecular formula is C14H30N2O2S. The van der Waals surface area contributed by atoms with Gasteiger partial charge in [0.05, 0.1) is 6.26 Å². The first-order valence-electron chi connectivity index (χ1n) is 7.45. The molecule has 0 amide bonds. The first-order chi connectivity index (χ1) is 8.82. The van der Waals surface area contributed by atoms with E-state index in [0.717, 1.165) is 25.2 Å². The van der Waals surface area contributed by atoms with Crippen molar-refractivity contribution in [1.82, 2.24) is 9.62 Å². The first kappa shape index (κ1) is 16.9. The molecule has 1 rings (SSSR count). The van der Waals surface area contributed by atoms with Crippen LogP contribution in [0.2, 0.25) is 0 Å². The Bertz CT molecular complexity index is 354. The second-order valence-electron chi connectivity index (χ2n) is 6.32. The van der Waals surface area contributed by atoms with Gasteiger partial charge in [0.15, 0.2) is 0 Å². The third-order valence-corrected chi connectivity index (χ3v) is 5.34. The minimum Gasteiger partial charge on any atom is -0.317 e. The lowest BCUT2D eigenvalue weighted by Crippen LogP contribution is -2.41. The summed E-state index contributed by atoms with van der Waals surface area (Å²) in [5.74, 6) is 1.24. The SMILES string of the molecule is CNC(CCC(C)C)CC1CCCN(S(C)(=O)=O)C1. The highest BCUT2D eigenvalue weighted by molar-refractivity contribution is 7.88. The molecule has 0 saturated carbocycles. The molecule has 1 N–H and O–H groups in total. The van der Waals surface area contributed by atoms with E-state index in [2.05, 4.69) is 19.2 Å². The number of nitrogens with one attached hydrogen (secondary N) is 1. The van der Waals surface area contributed by atoms with Crippen LogP contribution in [0, 0.1) is 11.8 Å². The quantitative estimate of drug-likeness (QED) is 0.781. The molecule has 4 nitrogen and oxygen atoms in total. The van der Waals surface area contributed by atoms with E-state index in [0.29, 0.717) is 25.0 Å². The minimum atomic E-state index is -3.01. The Morgan fingerprint density at radius 1 is 1.32 bits per heavy atom. The van der Waals surface area contributed by atoms with Gasteiger partial charge in [0.1, 0.15) is 0 Å². The van der Waals surface area contributed by atoms with Gasteiger partial charge in [-0.3, -0.25) is 0 Å². The zero-order valence-corrected chi connectivity index (χ0v) is 13.7. The van der Waals surface area contributed by atoms with E-state index in [1.165, 1.54) is 19.1 Å². The topological polar surface area (TPSA) is 49.4 Å². The van der Waals surface area contributed by atoms with E-state index in [1.807, 2.05) is 7.05 Å². The van der Waals surface area contributed by atoms with Gasteiger partial charge in [0.25, 0.3) is 0 Å². The van der Waals surface area contributed by atoms with Crippen molar-refractivity contribution in [2.45, 2.75) is 52.0 Å². The highest BCUT2D eigenvalue weighted by atomic mass is 32.2. The Hall–Kier alpha value is -0.130. The van der Waals surface area contributed by atoms with Crippen LogP contribution in [0.25, 0.3) is 0 Å². The molecule has 0 aliphatic carbocycles. The molecule has 0 aromatic rings. The molecule has 1 aliphatic heterocycles. The summed E-state index contributed by atoms with van der Waals surface area (Å²) in [6.07, 6.45) is 6.99. The number of piperidine rings is 1. The Labute approximate surface area is 119 Å². The second kappa shape index (κ2) is 7.60. The fourth-order valence-corrected chi connectivity index (χ4v) is 3.78. The number of hydrogen-bond donors (Lipinski definition) is 1. The second-order valence-corrected chi connectivity index (χ2v) is 8.30. The number of rotatable bonds is 7. The number of sulfonamides is 1. The summed E-state index contributed by atoms with van der Waals surface area (Å²) in [4.78, 5) is 0.